The zero-order valence-corrected chi connectivity index (χ0v) is 18.9. The zero-order chi connectivity index (χ0) is 22.6. The van der Waals surface area contributed by atoms with E-state index in [2.05, 4.69) is 0 Å². The van der Waals surface area contributed by atoms with Gasteiger partial charge >= 0.3 is 0 Å². The van der Waals surface area contributed by atoms with Crippen LogP contribution in [0.15, 0.2) is 42.6 Å². The normalized spacial score (nSPS) is 10.7. The van der Waals surface area contributed by atoms with Crippen LogP contribution in [0.2, 0.25) is 0 Å². The topological polar surface area (TPSA) is 73.2 Å². The minimum Gasteiger partial charge on any atom is -0.497 e. The fourth-order valence-electron chi connectivity index (χ4n) is 3.18. The number of carbonyl (C=O) groups excluding carboxylic acids is 2. The van der Waals surface area contributed by atoms with Crippen molar-refractivity contribution in [3.63, 3.8) is 0 Å². The van der Waals surface area contributed by atoms with E-state index >= 15 is 0 Å². The van der Waals surface area contributed by atoms with Crippen molar-refractivity contribution in [2.75, 3.05) is 54.2 Å². The molecule has 170 valence electrons. The Morgan fingerprint density at radius 3 is 2.23 bits per heavy atom. The number of hydrogen-bond acceptors (Lipinski definition) is 5. The summed E-state index contributed by atoms with van der Waals surface area (Å²) in [4.78, 5) is 29.6. The minimum atomic E-state index is -0.197. The number of amides is 2. The zero-order valence-electron chi connectivity index (χ0n) is 18.9. The van der Waals surface area contributed by atoms with E-state index in [1.165, 1.54) is 0 Å². The molecule has 31 heavy (non-hydrogen) atoms. The standard InChI is InChI=1S/C23H33N3O5/c1-24-12-5-7-20(24)17-25(14-16-30-3)22(27)18-26(13-6-15-29-2)23(28)19-8-10-21(31-4)11-9-19/h5,7-12H,6,13-18H2,1-4H3. The first-order valence-corrected chi connectivity index (χ1v) is 10.3. The highest BCUT2D eigenvalue weighted by atomic mass is 16.5. The quantitative estimate of drug-likeness (QED) is 0.455. The highest BCUT2D eigenvalue weighted by Crippen LogP contribution is 2.14. The lowest BCUT2D eigenvalue weighted by Crippen LogP contribution is -2.44. The summed E-state index contributed by atoms with van der Waals surface area (Å²) >= 11 is 0. The van der Waals surface area contributed by atoms with Crippen LogP contribution >= 0.6 is 0 Å². The van der Waals surface area contributed by atoms with Gasteiger partial charge in [-0.1, -0.05) is 0 Å². The van der Waals surface area contributed by atoms with E-state index in [0.717, 1.165) is 5.69 Å². The van der Waals surface area contributed by atoms with Gasteiger partial charge in [0.25, 0.3) is 5.91 Å². The molecule has 0 atom stereocenters. The largest absolute Gasteiger partial charge is 0.497 e. The maximum absolute atomic E-state index is 13.2. The number of aryl methyl sites for hydroxylation is 1. The maximum atomic E-state index is 13.2. The van der Waals surface area contributed by atoms with Gasteiger partial charge in [-0.3, -0.25) is 9.59 Å². The number of carbonyl (C=O) groups is 2. The Kier molecular flexibility index (Phi) is 10.1. The molecular formula is C23H33N3O5. The Bertz CT molecular complexity index is 819. The molecular weight excluding hydrogens is 398 g/mol. The number of ether oxygens (including phenoxy) is 3. The van der Waals surface area contributed by atoms with Crippen LogP contribution in [-0.2, 0) is 27.9 Å². The number of rotatable bonds is 13. The molecule has 0 fully saturated rings. The molecule has 0 radical (unpaired) electrons. The second-order valence-corrected chi connectivity index (χ2v) is 7.22. The van der Waals surface area contributed by atoms with Crippen LogP contribution in [0, 0.1) is 0 Å². The summed E-state index contributed by atoms with van der Waals surface area (Å²) in [6.45, 7) is 2.25. The maximum Gasteiger partial charge on any atom is 0.254 e. The van der Waals surface area contributed by atoms with Crippen LogP contribution in [-0.4, -0.2) is 80.4 Å². The van der Waals surface area contributed by atoms with Gasteiger partial charge in [-0.05, 0) is 42.8 Å². The van der Waals surface area contributed by atoms with Gasteiger partial charge in [0.1, 0.15) is 12.3 Å². The fourth-order valence-corrected chi connectivity index (χ4v) is 3.18. The van der Waals surface area contributed by atoms with Gasteiger partial charge in [-0.2, -0.15) is 0 Å². The van der Waals surface area contributed by atoms with Crippen LogP contribution in [0.1, 0.15) is 22.5 Å². The molecule has 8 heteroatoms. The molecule has 1 aromatic carbocycles. The predicted molar refractivity (Wildman–Crippen MR) is 118 cm³/mol. The molecule has 0 saturated carbocycles. The first kappa shape index (κ1) is 24.4. The molecule has 0 aliphatic rings. The summed E-state index contributed by atoms with van der Waals surface area (Å²) in [5, 5.41) is 0. The monoisotopic (exact) mass is 431 g/mol. The minimum absolute atomic E-state index is 0.0112. The van der Waals surface area contributed by atoms with Crippen LogP contribution in [0.5, 0.6) is 5.75 Å². The van der Waals surface area contributed by atoms with Crippen molar-refractivity contribution in [3.8, 4) is 5.75 Å². The third-order valence-electron chi connectivity index (χ3n) is 5.05. The molecule has 0 aliphatic heterocycles. The molecule has 0 unspecified atom stereocenters. The van der Waals surface area contributed by atoms with E-state index in [4.69, 9.17) is 14.2 Å². The van der Waals surface area contributed by atoms with E-state index in [0.29, 0.717) is 50.6 Å². The van der Waals surface area contributed by atoms with Crippen LogP contribution in [0.25, 0.3) is 0 Å². The number of benzene rings is 1. The number of hydrogen-bond donors (Lipinski definition) is 0. The molecule has 1 aromatic heterocycles. The van der Waals surface area contributed by atoms with Gasteiger partial charge in [0.2, 0.25) is 5.91 Å². The van der Waals surface area contributed by atoms with E-state index in [-0.39, 0.29) is 18.4 Å². The summed E-state index contributed by atoms with van der Waals surface area (Å²) in [6, 6.07) is 10.8. The van der Waals surface area contributed by atoms with Gasteiger partial charge in [-0.15, -0.1) is 0 Å². The van der Waals surface area contributed by atoms with Crippen LogP contribution in [0.3, 0.4) is 0 Å². The van der Waals surface area contributed by atoms with E-state index < -0.39 is 0 Å². The fraction of sp³-hybridized carbons (Fsp3) is 0.478. The van der Waals surface area contributed by atoms with Crippen molar-refractivity contribution in [1.82, 2.24) is 14.4 Å². The highest BCUT2D eigenvalue weighted by Gasteiger charge is 2.23. The lowest BCUT2D eigenvalue weighted by Gasteiger charge is -2.28. The number of aromatic nitrogens is 1. The van der Waals surface area contributed by atoms with Crippen molar-refractivity contribution in [3.05, 3.63) is 53.9 Å². The molecule has 0 N–H and O–H groups in total. The molecule has 2 aromatic rings. The Morgan fingerprint density at radius 1 is 0.935 bits per heavy atom. The Morgan fingerprint density at radius 2 is 1.65 bits per heavy atom. The molecule has 0 spiro atoms. The number of nitrogens with zero attached hydrogens (tertiary/aromatic N) is 3. The molecule has 2 amide bonds. The van der Waals surface area contributed by atoms with Gasteiger partial charge in [-0.25, -0.2) is 0 Å². The van der Waals surface area contributed by atoms with Crippen molar-refractivity contribution >= 4 is 11.8 Å². The van der Waals surface area contributed by atoms with Crippen LogP contribution < -0.4 is 4.74 Å². The Labute approximate surface area is 184 Å². The van der Waals surface area contributed by atoms with Gasteiger partial charge in [0.05, 0.1) is 20.3 Å². The van der Waals surface area contributed by atoms with Crippen molar-refractivity contribution in [2.24, 2.45) is 7.05 Å². The number of methoxy groups -OCH3 is 3. The lowest BCUT2D eigenvalue weighted by atomic mass is 10.2. The summed E-state index contributed by atoms with van der Waals surface area (Å²) in [5.74, 6) is 0.349. The second-order valence-electron chi connectivity index (χ2n) is 7.22. The second kappa shape index (κ2) is 12.8. The SMILES string of the molecule is COCCCN(CC(=O)N(CCOC)Cc1cccn1C)C(=O)c1ccc(OC)cc1. The lowest BCUT2D eigenvalue weighted by molar-refractivity contribution is -0.133. The summed E-state index contributed by atoms with van der Waals surface area (Å²) < 4.78 is 17.5. The predicted octanol–water partition coefficient (Wildman–Crippen LogP) is 2.19. The third kappa shape index (κ3) is 7.41. The van der Waals surface area contributed by atoms with Crippen molar-refractivity contribution in [1.29, 1.82) is 0 Å². The third-order valence-corrected chi connectivity index (χ3v) is 5.05. The average molecular weight is 432 g/mol. The molecule has 0 aliphatic carbocycles. The Hall–Kier alpha value is -2.84. The average Bonchev–Trinajstić information content (AvgIpc) is 3.19. The van der Waals surface area contributed by atoms with Crippen LogP contribution in [0.4, 0.5) is 0 Å². The van der Waals surface area contributed by atoms with Gasteiger partial charge < -0.3 is 28.6 Å². The van der Waals surface area contributed by atoms with Gasteiger partial charge in [0, 0.05) is 58.4 Å². The highest BCUT2D eigenvalue weighted by molar-refractivity contribution is 5.96. The van der Waals surface area contributed by atoms with E-state index in [1.807, 2.05) is 29.9 Å². The van der Waals surface area contributed by atoms with E-state index in [1.54, 1.807) is 55.4 Å². The molecule has 1 heterocycles. The molecule has 2 rings (SSSR count). The molecule has 8 nitrogen and oxygen atoms in total. The smallest absolute Gasteiger partial charge is 0.254 e. The summed E-state index contributed by atoms with van der Waals surface area (Å²) in [6.07, 6.45) is 2.58. The molecule has 0 saturated heterocycles. The van der Waals surface area contributed by atoms with E-state index in [9.17, 15) is 9.59 Å². The van der Waals surface area contributed by atoms with Crippen molar-refractivity contribution in [2.45, 2.75) is 13.0 Å². The Balaban J connectivity index is 2.15. The summed E-state index contributed by atoms with van der Waals surface area (Å²) in [7, 11) is 6.75. The molecule has 0 bridgehead atoms. The van der Waals surface area contributed by atoms with Gasteiger partial charge in [0.15, 0.2) is 0 Å². The van der Waals surface area contributed by atoms with Crippen molar-refractivity contribution < 1.29 is 23.8 Å². The first-order valence-electron chi connectivity index (χ1n) is 10.3. The first-order chi connectivity index (χ1) is 15.0. The summed E-state index contributed by atoms with van der Waals surface area (Å²) in [5.41, 5.74) is 1.52.